The Morgan fingerprint density at radius 1 is 1.16 bits per heavy atom. The highest BCUT2D eigenvalue weighted by molar-refractivity contribution is 5.75. The molecule has 0 aliphatic carbocycles. The van der Waals surface area contributed by atoms with Crippen molar-refractivity contribution in [2.45, 2.75) is 65.5 Å². The fourth-order valence-electron chi connectivity index (χ4n) is 2.48. The first-order chi connectivity index (χ1) is 9.15. The van der Waals surface area contributed by atoms with Gasteiger partial charge >= 0.3 is 5.97 Å². The Hall–Kier alpha value is -0.610. The van der Waals surface area contributed by atoms with Crippen LogP contribution < -0.4 is 0 Å². The summed E-state index contributed by atoms with van der Waals surface area (Å²) < 4.78 is 10.4. The van der Waals surface area contributed by atoms with Crippen molar-refractivity contribution in [1.29, 1.82) is 0 Å². The highest BCUT2D eigenvalue weighted by atomic mass is 16.5. The van der Waals surface area contributed by atoms with Crippen LogP contribution in [0.3, 0.4) is 0 Å². The zero-order valence-corrected chi connectivity index (χ0v) is 13.3. The summed E-state index contributed by atoms with van der Waals surface area (Å²) in [4.78, 5) is 14.4. The zero-order valence-electron chi connectivity index (χ0n) is 13.3. The molecule has 0 radical (unpaired) electrons. The van der Waals surface area contributed by atoms with Crippen LogP contribution in [0.5, 0.6) is 0 Å². The zero-order chi connectivity index (χ0) is 14.7. The molecule has 0 spiro atoms. The molecule has 0 aromatic carbocycles. The van der Waals surface area contributed by atoms with E-state index in [-0.39, 0.29) is 12.0 Å². The minimum absolute atomic E-state index is 0.0904. The number of nitrogens with zero attached hydrogens (tertiary/aromatic N) is 1. The molecule has 4 heteroatoms. The number of ether oxygens (including phenoxy) is 2. The van der Waals surface area contributed by atoms with Crippen LogP contribution in [0.2, 0.25) is 0 Å². The van der Waals surface area contributed by atoms with Gasteiger partial charge in [0.2, 0.25) is 0 Å². The van der Waals surface area contributed by atoms with Gasteiger partial charge in [0, 0.05) is 19.7 Å². The normalized spacial score (nSPS) is 13.0. The molecule has 1 unspecified atom stereocenters. The van der Waals surface area contributed by atoms with E-state index < -0.39 is 0 Å². The number of esters is 1. The Morgan fingerprint density at radius 3 is 2.21 bits per heavy atom. The van der Waals surface area contributed by atoms with Crippen LogP contribution in [0.25, 0.3) is 0 Å². The summed E-state index contributed by atoms with van der Waals surface area (Å²) in [6.45, 7) is 10.2. The Morgan fingerprint density at radius 2 is 1.79 bits per heavy atom. The van der Waals surface area contributed by atoms with Gasteiger partial charge in [-0.05, 0) is 26.2 Å². The van der Waals surface area contributed by atoms with E-state index in [2.05, 4.69) is 25.7 Å². The van der Waals surface area contributed by atoms with Gasteiger partial charge in [0.25, 0.3) is 0 Å². The Balaban J connectivity index is 4.93. The Bertz CT molecular complexity index is 229. The molecule has 0 aromatic heterocycles. The first-order valence-corrected chi connectivity index (χ1v) is 7.57. The second-order valence-corrected chi connectivity index (χ2v) is 4.76. The van der Waals surface area contributed by atoms with Crippen LogP contribution in [-0.4, -0.2) is 49.8 Å². The Kier molecular flexibility index (Phi) is 10.9. The van der Waals surface area contributed by atoms with Gasteiger partial charge in [-0.25, -0.2) is 0 Å². The summed E-state index contributed by atoms with van der Waals surface area (Å²) in [6, 6.07) is 0.279. The summed E-state index contributed by atoms with van der Waals surface area (Å²) in [5, 5.41) is 0. The van der Waals surface area contributed by atoms with Crippen molar-refractivity contribution >= 4 is 5.97 Å². The van der Waals surface area contributed by atoms with Gasteiger partial charge in [0.1, 0.15) is 6.04 Å². The van der Waals surface area contributed by atoms with Crippen molar-refractivity contribution in [3.63, 3.8) is 0 Å². The largest absolute Gasteiger partial charge is 0.465 e. The van der Waals surface area contributed by atoms with Gasteiger partial charge in [-0.2, -0.15) is 0 Å². The first-order valence-electron chi connectivity index (χ1n) is 7.57. The summed E-state index contributed by atoms with van der Waals surface area (Å²) in [5.74, 6) is -0.0904. The molecule has 0 aliphatic rings. The van der Waals surface area contributed by atoms with Crippen molar-refractivity contribution in [2.24, 2.45) is 0 Å². The number of carbonyl (C=O) groups is 1. The second-order valence-electron chi connectivity index (χ2n) is 4.76. The number of rotatable bonds is 11. The SMILES string of the molecule is CCCC(C(=O)OCC)N(CCOC)C(CC)CC. The van der Waals surface area contributed by atoms with Gasteiger partial charge in [0.05, 0.1) is 13.2 Å². The molecule has 0 saturated carbocycles. The molecule has 0 aliphatic heterocycles. The van der Waals surface area contributed by atoms with Gasteiger partial charge < -0.3 is 9.47 Å². The number of carbonyl (C=O) groups excluding carboxylic acids is 1. The summed E-state index contributed by atoms with van der Waals surface area (Å²) in [7, 11) is 1.70. The van der Waals surface area contributed by atoms with Crippen LogP contribution >= 0.6 is 0 Å². The standard InChI is InChI=1S/C15H31NO3/c1-6-10-14(15(17)19-9-4)16(11-12-18-5)13(7-2)8-3/h13-14H,6-12H2,1-5H3. The molecular weight excluding hydrogens is 242 g/mol. The van der Waals surface area contributed by atoms with E-state index in [1.54, 1.807) is 7.11 Å². The number of hydrogen-bond donors (Lipinski definition) is 0. The average molecular weight is 273 g/mol. The van der Waals surface area contributed by atoms with Crippen molar-refractivity contribution < 1.29 is 14.3 Å². The third-order valence-electron chi connectivity index (χ3n) is 3.49. The minimum atomic E-state index is -0.134. The predicted octanol–water partition coefficient (Wildman–Crippen LogP) is 2.86. The molecule has 0 fully saturated rings. The molecule has 0 aromatic rings. The van der Waals surface area contributed by atoms with Gasteiger partial charge in [0.15, 0.2) is 0 Å². The van der Waals surface area contributed by atoms with Crippen molar-refractivity contribution in [3.05, 3.63) is 0 Å². The molecule has 114 valence electrons. The molecule has 19 heavy (non-hydrogen) atoms. The fourth-order valence-corrected chi connectivity index (χ4v) is 2.48. The summed E-state index contributed by atoms with van der Waals surface area (Å²) >= 11 is 0. The van der Waals surface area contributed by atoms with Crippen molar-refractivity contribution in [1.82, 2.24) is 4.90 Å². The third-order valence-corrected chi connectivity index (χ3v) is 3.49. The maximum absolute atomic E-state index is 12.2. The van der Waals surface area contributed by atoms with Gasteiger partial charge in [-0.15, -0.1) is 0 Å². The molecule has 0 N–H and O–H groups in total. The molecule has 1 atom stereocenters. The van der Waals surface area contributed by atoms with E-state index in [4.69, 9.17) is 9.47 Å². The number of hydrogen-bond acceptors (Lipinski definition) is 4. The minimum Gasteiger partial charge on any atom is -0.465 e. The molecule has 4 nitrogen and oxygen atoms in total. The molecule has 0 heterocycles. The van der Waals surface area contributed by atoms with Crippen LogP contribution in [0.15, 0.2) is 0 Å². The summed E-state index contributed by atoms with van der Waals surface area (Å²) in [5.41, 5.74) is 0. The highest BCUT2D eigenvalue weighted by Crippen LogP contribution is 2.17. The lowest BCUT2D eigenvalue weighted by Gasteiger charge is -2.36. The van der Waals surface area contributed by atoms with E-state index in [1.165, 1.54) is 0 Å². The molecule has 0 bridgehead atoms. The van der Waals surface area contributed by atoms with Gasteiger partial charge in [-0.3, -0.25) is 9.69 Å². The van der Waals surface area contributed by atoms with E-state index in [0.29, 0.717) is 19.3 Å². The van der Waals surface area contributed by atoms with E-state index in [9.17, 15) is 4.79 Å². The van der Waals surface area contributed by atoms with Crippen molar-refractivity contribution in [2.75, 3.05) is 26.9 Å². The smallest absolute Gasteiger partial charge is 0.323 e. The fraction of sp³-hybridized carbons (Fsp3) is 0.933. The summed E-state index contributed by atoms with van der Waals surface area (Å²) in [6.07, 6.45) is 3.91. The van der Waals surface area contributed by atoms with E-state index in [0.717, 1.165) is 32.2 Å². The lowest BCUT2D eigenvalue weighted by atomic mass is 10.0. The maximum Gasteiger partial charge on any atom is 0.323 e. The lowest BCUT2D eigenvalue weighted by molar-refractivity contribution is -0.151. The van der Waals surface area contributed by atoms with Crippen molar-refractivity contribution in [3.8, 4) is 0 Å². The van der Waals surface area contributed by atoms with E-state index >= 15 is 0 Å². The monoisotopic (exact) mass is 273 g/mol. The van der Waals surface area contributed by atoms with E-state index in [1.807, 2.05) is 6.92 Å². The topological polar surface area (TPSA) is 38.8 Å². The first kappa shape index (κ1) is 18.4. The van der Waals surface area contributed by atoms with Crippen LogP contribution in [0.4, 0.5) is 0 Å². The van der Waals surface area contributed by atoms with Gasteiger partial charge in [-0.1, -0.05) is 27.2 Å². The predicted molar refractivity (Wildman–Crippen MR) is 78.3 cm³/mol. The molecule has 0 rings (SSSR count). The molecular formula is C15H31NO3. The average Bonchev–Trinajstić information content (AvgIpc) is 2.41. The highest BCUT2D eigenvalue weighted by Gasteiger charge is 2.30. The third kappa shape index (κ3) is 6.39. The molecule has 0 amide bonds. The second kappa shape index (κ2) is 11.2. The maximum atomic E-state index is 12.2. The van der Waals surface area contributed by atoms with Crippen LogP contribution in [0, 0.1) is 0 Å². The van der Waals surface area contributed by atoms with Crippen LogP contribution in [0.1, 0.15) is 53.4 Å². The number of methoxy groups -OCH3 is 1. The molecule has 0 saturated heterocycles. The lowest BCUT2D eigenvalue weighted by Crippen LogP contribution is -2.49. The van der Waals surface area contributed by atoms with Crippen LogP contribution in [-0.2, 0) is 14.3 Å². The quantitative estimate of drug-likeness (QED) is 0.543. The Labute approximate surface area is 118 Å².